The molecule has 1 amide bonds. The summed E-state index contributed by atoms with van der Waals surface area (Å²) in [5.74, 6) is -0.651. The Hall–Kier alpha value is -2.17. The van der Waals surface area contributed by atoms with E-state index in [1.54, 1.807) is 18.2 Å². The highest BCUT2D eigenvalue weighted by Gasteiger charge is 2.16. The quantitative estimate of drug-likeness (QED) is 0.850. The minimum atomic E-state index is -1.43. The Bertz CT molecular complexity index is 495. The van der Waals surface area contributed by atoms with Crippen molar-refractivity contribution in [3.05, 3.63) is 54.1 Å². The Labute approximate surface area is 91.5 Å². The van der Waals surface area contributed by atoms with E-state index >= 15 is 0 Å². The third-order valence-electron chi connectivity index (χ3n) is 2.26. The van der Waals surface area contributed by atoms with Gasteiger partial charge in [-0.25, -0.2) is 4.39 Å². The summed E-state index contributed by atoms with van der Waals surface area (Å²) in [6.45, 7) is 0. The Morgan fingerprint density at radius 1 is 1.38 bits per heavy atom. The molecule has 82 valence electrons. The molecule has 0 bridgehead atoms. The van der Waals surface area contributed by atoms with Crippen molar-refractivity contribution in [2.24, 2.45) is 5.73 Å². The van der Waals surface area contributed by atoms with Gasteiger partial charge in [0.2, 0.25) is 6.30 Å². The van der Waals surface area contributed by atoms with Crippen molar-refractivity contribution in [3.63, 3.8) is 0 Å². The third kappa shape index (κ3) is 1.79. The summed E-state index contributed by atoms with van der Waals surface area (Å²) < 4.78 is 15.2. The molecule has 1 atom stereocenters. The molecule has 0 aliphatic rings. The lowest BCUT2D eigenvalue weighted by molar-refractivity contribution is 0.0984. The van der Waals surface area contributed by atoms with Gasteiger partial charge in [-0.3, -0.25) is 9.78 Å². The van der Waals surface area contributed by atoms with Crippen LogP contribution in [0, 0.1) is 0 Å². The van der Waals surface area contributed by atoms with Crippen molar-refractivity contribution in [2.45, 2.75) is 6.30 Å². The van der Waals surface area contributed by atoms with Crippen LogP contribution < -0.4 is 5.73 Å². The molecule has 0 radical (unpaired) electrons. The minimum absolute atomic E-state index is 0.143. The molecule has 2 heterocycles. The van der Waals surface area contributed by atoms with Crippen LogP contribution >= 0.6 is 0 Å². The molecule has 2 N–H and O–H groups in total. The lowest BCUT2D eigenvalue weighted by Crippen LogP contribution is -2.18. The van der Waals surface area contributed by atoms with Crippen LogP contribution in [-0.2, 0) is 0 Å². The van der Waals surface area contributed by atoms with E-state index < -0.39 is 12.2 Å². The molecular formula is C11H10FN3O. The van der Waals surface area contributed by atoms with Gasteiger partial charge in [0, 0.05) is 24.2 Å². The van der Waals surface area contributed by atoms with Gasteiger partial charge in [-0.2, -0.15) is 0 Å². The molecule has 5 heteroatoms. The maximum atomic E-state index is 14.0. The summed E-state index contributed by atoms with van der Waals surface area (Å²) in [4.78, 5) is 14.8. The van der Waals surface area contributed by atoms with Gasteiger partial charge in [-0.1, -0.05) is 0 Å². The molecule has 4 nitrogen and oxygen atoms in total. The highest BCUT2D eigenvalue weighted by atomic mass is 19.1. The van der Waals surface area contributed by atoms with Crippen LogP contribution in [0.5, 0.6) is 0 Å². The first-order chi connectivity index (χ1) is 7.70. The molecule has 2 rings (SSSR count). The average molecular weight is 219 g/mol. The number of rotatable bonds is 3. The molecule has 0 spiro atoms. The SMILES string of the molecule is NC(=O)c1cccn1C(F)c1ccncc1. The van der Waals surface area contributed by atoms with Crippen molar-refractivity contribution < 1.29 is 9.18 Å². The molecule has 2 aromatic rings. The number of halogens is 1. The van der Waals surface area contributed by atoms with Crippen molar-refractivity contribution in [3.8, 4) is 0 Å². The molecule has 1 unspecified atom stereocenters. The van der Waals surface area contributed by atoms with Gasteiger partial charge in [-0.05, 0) is 24.3 Å². The van der Waals surface area contributed by atoms with E-state index in [0.717, 1.165) is 0 Å². The van der Waals surface area contributed by atoms with Crippen molar-refractivity contribution >= 4 is 5.91 Å². The fourth-order valence-electron chi connectivity index (χ4n) is 1.48. The van der Waals surface area contributed by atoms with Crippen LogP contribution in [0.3, 0.4) is 0 Å². The number of carbonyl (C=O) groups excluding carboxylic acids is 1. The van der Waals surface area contributed by atoms with Gasteiger partial charge >= 0.3 is 0 Å². The van der Waals surface area contributed by atoms with Crippen LogP contribution in [0.2, 0.25) is 0 Å². The Kier molecular flexibility index (Phi) is 2.68. The Morgan fingerprint density at radius 2 is 2.06 bits per heavy atom. The Morgan fingerprint density at radius 3 is 2.69 bits per heavy atom. The highest BCUT2D eigenvalue weighted by Crippen LogP contribution is 2.21. The normalized spacial score (nSPS) is 12.3. The largest absolute Gasteiger partial charge is 0.364 e. The summed E-state index contributed by atoms with van der Waals surface area (Å²) in [5, 5.41) is 0. The zero-order chi connectivity index (χ0) is 11.5. The first kappa shape index (κ1) is 10.4. The minimum Gasteiger partial charge on any atom is -0.364 e. The van der Waals surface area contributed by atoms with E-state index in [4.69, 9.17) is 5.73 Å². The maximum Gasteiger partial charge on any atom is 0.265 e. The number of pyridine rings is 1. The number of amides is 1. The zero-order valence-electron chi connectivity index (χ0n) is 8.38. The smallest absolute Gasteiger partial charge is 0.265 e. The van der Waals surface area contributed by atoms with Gasteiger partial charge in [-0.15, -0.1) is 0 Å². The fraction of sp³-hybridized carbons (Fsp3) is 0.0909. The van der Waals surface area contributed by atoms with E-state index in [2.05, 4.69) is 4.98 Å². The van der Waals surface area contributed by atoms with Crippen molar-refractivity contribution in [1.82, 2.24) is 9.55 Å². The van der Waals surface area contributed by atoms with E-state index in [1.807, 2.05) is 0 Å². The average Bonchev–Trinajstić information content (AvgIpc) is 2.78. The first-order valence-corrected chi connectivity index (χ1v) is 4.71. The van der Waals surface area contributed by atoms with Gasteiger partial charge in [0.05, 0.1) is 0 Å². The number of primary amides is 1. The van der Waals surface area contributed by atoms with E-state index in [1.165, 1.54) is 29.2 Å². The molecular weight excluding hydrogens is 209 g/mol. The Balaban J connectivity index is 2.38. The van der Waals surface area contributed by atoms with Gasteiger partial charge in [0.15, 0.2) is 0 Å². The van der Waals surface area contributed by atoms with E-state index in [9.17, 15) is 9.18 Å². The molecule has 0 saturated heterocycles. The number of aromatic nitrogens is 2. The number of nitrogens with two attached hydrogens (primary N) is 1. The second-order valence-corrected chi connectivity index (χ2v) is 3.28. The zero-order valence-corrected chi connectivity index (χ0v) is 8.38. The number of carbonyl (C=O) groups is 1. The fourth-order valence-corrected chi connectivity index (χ4v) is 1.48. The predicted molar refractivity (Wildman–Crippen MR) is 56.4 cm³/mol. The van der Waals surface area contributed by atoms with Crippen LogP contribution in [0.4, 0.5) is 4.39 Å². The number of nitrogens with zero attached hydrogens (tertiary/aromatic N) is 2. The van der Waals surface area contributed by atoms with Crippen LogP contribution in [0.1, 0.15) is 22.3 Å². The maximum absolute atomic E-state index is 14.0. The second-order valence-electron chi connectivity index (χ2n) is 3.28. The molecule has 0 saturated carbocycles. The summed E-state index contributed by atoms with van der Waals surface area (Å²) in [5.41, 5.74) is 5.70. The lowest BCUT2D eigenvalue weighted by atomic mass is 10.2. The van der Waals surface area contributed by atoms with Crippen molar-refractivity contribution in [2.75, 3.05) is 0 Å². The number of alkyl halides is 1. The lowest BCUT2D eigenvalue weighted by Gasteiger charge is -2.12. The number of hydrogen-bond acceptors (Lipinski definition) is 2. The summed E-state index contributed by atoms with van der Waals surface area (Å²) in [6.07, 6.45) is 3.04. The second kappa shape index (κ2) is 4.14. The summed E-state index contributed by atoms with van der Waals surface area (Å²) >= 11 is 0. The molecule has 0 aromatic carbocycles. The summed E-state index contributed by atoms with van der Waals surface area (Å²) in [7, 11) is 0. The predicted octanol–water partition coefficient (Wildman–Crippen LogP) is 1.50. The van der Waals surface area contributed by atoms with E-state index in [0.29, 0.717) is 5.56 Å². The van der Waals surface area contributed by atoms with Crippen LogP contribution in [-0.4, -0.2) is 15.5 Å². The molecule has 0 aliphatic carbocycles. The monoisotopic (exact) mass is 219 g/mol. The molecule has 0 aliphatic heterocycles. The topological polar surface area (TPSA) is 60.9 Å². The standard InChI is InChI=1S/C11H10FN3O/c12-10(8-3-5-14-6-4-8)15-7-1-2-9(15)11(13)16/h1-7,10H,(H2,13,16). The molecule has 0 fully saturated rings. The molecule has 16 heavy (non-hydrogen) atoms. The van der Waals surface area contributed by atoms with Gasteiger partial charge in [0.1, 0.15) is 5.69 Å². The highest BCUT2D eigenvalue weighted by molar-refractivity contribution is 5.91. The van der Waals surface area contributed by atoms with E-state index in [-0.39, 0.29) is 5.69 Å². The van der Waals surface area contributed by atoms with Gasteiger partial charge in [0.25, 0.3) is 5.91 Å². The number of hydrogen-bond donors (Lipinski definition) is 1. The van der Waals surface area contributed by atoms with Crippen LogP contribution in [0.25, 0.3) is 0 Å². The van der Waals surface area contributed by atoms with Crippen molar-refractivity contribution in [1.29, 1.82) is 0 Å². The summed E-state index contributed by atoms with van der Waals surface area (Å²) in [6, 6.07) is 6.16. The first-order valence-electron chi connectivity index (χ1n) is 4.71. The van der Waals surface area contributed by atoms with Crippen LogP contribution in [0.15, 0.2) is 42.9 Å². The third-order valence-corrected chi connectivity index (χ3v) is 2.26. The molecule has 2 aromatic heterocycles. The van der Waals surface area contributed by atoms with Gasteiger partial charge < -0.3 is 10.3 Å².